The first-order chi connectivity index (χ1) is 25.3. The maximum atomic E-state index is 6.21. The van der Waals surface area contributed by atoms with Gasteiger partial charge in [0, 0.05) is 44.3 Å². The quantitative estimate of drug-likeness (QED) is 0.178. The molecule has 51 heavy (non-hydrogen) atoms. The molecule has 0 aliphatic carbocycles. The summed E-state index contributed by atoms with van der Waals surface area (Å²) in [5.41, 5.74) is 13.3. The van der Waals surface area contributed by atoms with Crippen LogP contribution in [0.5, 0.6) is 0 Å². The second-order valence-electron chi connectivity index (χ2n) is 13.0. The lowest BCUT2D eigenvalue weighted by Crippen LogP contribution is -2.10. The van der Waals surface area contributed by atoms with Crippen LogP contribution >= 0.6 is 0 Å². The monoisotopic (exact) mass is 652 g/mol. The van der Waals surface area contributed by atoms with E-state index < -0.39 is 0 Å². The van der Waals surface area contributed by atoms with Gasteiger partial charge in [-0.2, -0.15) is 0 Å². The fraction of sp³-hybridized carbons (Fsp3) is 0. The van der Waals surface area contributed by atoms with Crippen LogP contribution in [0.2, 0.25) is 0 Å². The van der Waals surface area contributed by atoms with Crippen LogP contribution < -0.4 is 4.90 Å². The summed E-state index contributed by atoms with van der Waals surface area (Å²) in [5.74, 6) is 0. The first-order valence-corrected chi connectivity index (χ1v) is 17.4. The molecule has 0 amide bonds. The van der Waals surface area contributed by atoms with Gasteiger partial charge in [-0.25, -0.2) is 0 Å². The lowest BCUT2D eigenvalue weighted by molar-refractivity contribution is 0.669. The third-order valence-electron chi connectivity index (χ3n) is 10.00. The largest absolute Gasteiger partial charge is 0.456 e. The molecule has 0 spiro atoms. The van der Waals surface area contributed by atoms with Crippen molar-refractivity contribution in [2.24, 2.45) is 0 Å². The van der Waals surface area contributed by atoms with Gasteiger partial charge in [0.15, 0.2) is 0 Å². The van der Waals surface area contributed by atoms with E-state index in [0.717, 1.165) is 55.8 Å². The molecule has 0 atom stereocenters. The molecule has 2 aromatic heterocycles. The summed E-state index contributed by atoms with van der Waals surface area (Å²) >= 11 is 0. The van der Waals surface area contributed by atoms with Crippen molar-refractivity contribution in [3.63, 3.8) is 0 Å². The van der Waals surface area contributed by atoms with E-state index in [-0.39, 0.29) is 0 Å². The summed E-state index contributed by atoms with van der Waals surface area (Å²) in [6, 6.07) is 69.2. The van der Waals surface area contributed by atoms with E-state index in [1.54, 1.807) is 0 Å². The molecule has 2 heterocycles. The molecule has 0 saturated carbocycles. The number of hydrogen-bond acceptors (Lipinski definition) is 2. The van der Waals surface area contributed by atoms with Crippen molar-refractivity contribution in [1.82, 2.24) is 4.57 Å². The minimum absolute atomic E-state index is 0.903. The maximum absolute atomic E-state index is 6.21. The molecule has 0 saturated heterocycles. The van der Waals surface area contributed by atoms with Crippen LogP contribution in [0.4, 0.5) is 17.1 Å². The third-order valence-corrected chi connectivity index (χ3v) is 10.00. The summed E-state index contributed by atoms with van der Waals surface area (Å²) in [4.78, 5) is 2.35. The van der Waals surface area contributed by atoms with Gasteiger partial charge in [-0.1, -0.05) is 121 Å². The van der Waals surface area contributed by atoms with E-state index in [1.165, 1.54) is 32.9 Å². The molecule has 0 fully saturated rings. The van der Waals surface area contributed by atoms with Crippen molar-refractivity contribution in [3.05, 3.63) is 194 Å². The maximum Gasteiger partial charge on any atom is 0.136 e. The van der Waals surface area contributed by atoms with Crippen molar-refractivity contribution in [3.8, 4) is 27.9 Å². The first kappa shape index (κ1) is 29.1. The summed E-state index contributed by atoms with van der Waals surface area (Å²) < 4.78 is 8.58. The van der Waals surface area contributed by atoms with Crippen molar-refractivity contribution < 1.29 is 4.42 Å². The zero-order valence-corrected chi connectivity index (χ0v) is 27.8. The van der Waals surface area contributed by atoms with Gasteiger partial charge in [0.05, 0.1) is 11.0 Å². The molecule has 0 aliphatic rings. The molecule has 10 rings (SSSR count). The van der Waals surface area contributed by atoms with Crippen LogP contribution in [-0.2, 0) is 0 Å². The number of furan rings is 1. The lowest BCUT2D eigenvalue weighted by atomic mass is 9.99. The standard InChI is InChI=1S/C48H32N2O/c1-2-12-33(13-3-1)35-14-10-15-39(32-35)49(36-26-24-34(25-27-36)40-19-11-23-47-48(40)43-18-6-9-22-46(43)51-47)37-28-30-38(31-29-37)50-44-20-7-4-16-41(44)42-17-5-8-21-45(42)50/h1-32H. The molecule has 3 heteroatoms. The first-order valence-electron chi connectivity index (χ1n) is 17.4. The average molecular weight is 653 g/mol. The topological polar surface area (TPSA) is 21.3 Å². The number of hydrogen-bond donors (Lipinski definition) is 0. The van der Waals surface area contributed by atoms with Gasteiger partial charge in [-0.15, -0.1) is 0 Å². The highest BCUT2D eigenvalue weighted by Crippen LogP contribution is 2.41. The number of anilines is 3. The van der Waals surface area contributed by atoms with Gasteiger partial charge in [0.25, 0.3) is 0 Å². The van der Waals surface area contributed by atoms with Crippen molar-refractivity contribution >= 4 is 60.8 Å². The van der Waals surface area contributed by atoms with E-state index in [9.17, 15) is 0 Å². The molecular formula is C48H32N2O. The predicted molar refractivity (Wildman–Crippen MR) is 214 cm³/mol. The van der Waals surface area contributed by atoms with Crippen LogP contribution in [0, 0.1) is 0 Å². The van der Waals surface area contributed by atoms with E-state index >= 15 is 0 Å². The Hall–Kier alpha value is -6.84. The Labute approximate surface area is 295 Å². The fourth-order valence-corrected chi connectivity index (χ4v) is 7.66. The number of rotatable bonds is 6. The highest BCUT2D eigenvalue weighted by Gasteiger charge is 2.17. The molecule has 0 bridgehead atoms. The summed E-state index contributed by atoms with van der Waals surface area (Å²) in [5, 5.41) is 4.80. The average Bonchev–Trinajstić information content (AvgIpc) is 3.75. The van der Waals surface area contributed by atoms with Crippen LogP contribution in [0.3, 0.4) is 0 Å². The van der Waals surface area contributed by atoms with Gasteiger partial charge >= 0.3 is 0 Å². The number of benzene rings is 8. The molecule has 0 radical (unpaired) electrons. The Morgan fingerprint density at radius 1 is 0.373 bits per heavy atom. The van der Waals surface area contributed by atoms with Gasteiger partial charge < -0.3 is 13.9 Å². The highest BCUT2D eigenvalue weighted by molar-refractivity contribution is 6.12. The van der Waals surface area contributed by atoms with Gasteiger partial charge in [-0.3, -0.25) is 0 Å². The molecular weight excluding hydrogens is 621 g/mol. The van der Waals surface area contributed by atoms with Crippen molar-refractivity contribution in [2.45, 2.75) is 0 Å². The Kier molecular flexibility index (Phi) is 6.81. The van der Waals surface area contributed by atoms with Gasteiger partial charge in [0.2, 0.25) is 0 Å². The minimum Gasteiger partial charge on any atom is -0.456 e. The smallest absolute Gasteiger partial charge is 0.136 e. The van der Waals surface area contributed by atoms with E-state index in [2.05, 4.69) is 191 Å². The molecule has 0 aliphatic heterocycles. The Morgan fingerprint density at radius 2 is 0.941 bits per heavy atom. The zero-order valence-electron chi connectivity index (χ0n) is 27.8. The summed E-state index contributed by atoms with van der Waals surface area (Å²) in [7, 11) is 0. The van der Waals surface area contributed by atoms with Crippen LogP contribution in [0.25, 0.3) is 71.7 Å². The van der Waals surface area contributed by atoms with Crippen LogP contribution in [-0.4, -0.2) is 4.57 Å². The molecule has 240 valence electrons. The fourth-order valence-electron chi connectivity index (χ4n) is 7.66. The van der Waals surface area contributed by atoms with E-state index in [1.807, 2.05) is 12.1 Å². The molecule has 0 N–H and O–H groups in total. The van der Waals surface area contributed by atoms with E-state index in [0.29, 0.717) is 0 Å². The zero-order chi connectivity index (χ0) is 33.7. The molecule has 8 aromatic carbocycles. The number of para-hydroxylation sites is 3. The second kappa shape index (κ2) is 11.9. The number of fused-ring (bicyclic) bond motifs is 6. The summed E-state index contributed by atoms with van der Waals surface area (Å²) in [6.45, 7) is 0. The third kappa shape index (κ3) is 4.90. The minimum atomic E-state index is 0.903. The van der Waals surface area contributed by atoms with Crippen LogP contribution in [0.15, 0.2) is 199 Å². The Balaban J connectivity index is 1.10. The normalized spacial score (nSPS) is 11.5. The van der Waals surface area contributed by atoms with Gasteiger partial charge in [-0.05, 0) is 95.1 Å². The number of nitrogens with zero attached hydrogens (tertiary/aromatic N) is 2. The van der Waals surface area contributed by atoms with Crippen molar-refractivity contribution in [2.75, 3.05) is 4.90 Å². The molecule has 3 nitrogen and oxygen atoms in total. The van der Waals surface area contributed by atoms with Crippen LogP contribution in [0.1, 0.15) is 0 Å². The van der Waals surface area contributed by atoms with Crippen molar-refractivity contribution in [1.29, 1.82) is 0 Å². The highest BCUT2D eigenvalue weighted by atomic mass is 16.3. The lowest BCUT2D eigenvalue weighted by Gasteiger charge is -2.26. The SMILES string of the molecule is c1ccc(-c2cccc(N(c3ccc(-c4cccc5oc6ccccc6c45)cc3)c3ccc(-n4c5ccccc5c5ccccc54)cc3)c2)cc1. The molecule has 0 unspecified atom stereocenters. The van der Waals surface area contributed by atoms with Gasteiger partial charge in [0.1, 0.15) is 11.2 Å². The second-order valence-corrected chi connectivity index (χ2v) is 13.0. The summed E-state index contributed by atoms with van der Waals surface area (Å²) in [6.07, 6.45) is 0. The predicted octanol–water partition coefficient (Wildman–Crippen LogP) is 13.5. The Morgan fingerprint density at radius 3 is 1.67 bits per heavy atom. The molecule has 10 aromatic rings. The number of aromatic nitrogens is 1. The van der Waals surface area contributed by atoms with E-state index in [4.69, 9.17) is 4.42 Å². The Bertz CT molecular complexity index is 2790.